The van der Waals surface area contributed by atoms with E-state index in [4.69, 9.17) is 14.2 Å². The molecule has 128 valence electrons. The zero-order valence-electron chi connectivity index (χ0n) is 13.6. The zero-order chi connectivity index (χ0) is 17.5. The molecule has 6 nitrogen and oxygen atoms in total. The lowest BCUT2D eigenvalue weighted by molar-refractivity contribution is -0.163. The predicted octanol–water partition coefficient (Wildman–Crippen LogP) is 2.08. The van der Waals surface area contributed by atoms with Crippen molar-refractivity contribution in [2.75, 3.05) is 6.61 Å². The summed E-state index contributed by atoms with van der Waals surface area (Å²) >= 11 is 0. The zero-order valence-corrected chi connectivity index (χ0v) is 13.6. The Morgan fingerprint density at radius 2 is 1.75 bits per heavy atom. The average Bonchev–Trinajstić information content (AvgIpc) is 2.55. The lowest BCUT2D eigenvalue weighted by Gasteiger charge is -2.31. The molecule has 1 heterocycles. The normalized spacial score (nSPS) is 22.7. The first-order valence-corrected chi connectivity index (χ1v) is 7.68. The Labute approximate surface area is 140 Å². The highest BCUT2D eigenvalue weighted by Gasteiger charge is 2.31. The van der Waals surface area contributed by atoms with E-state index < -0.39 is 30.3 Å². The fourth-order valence-electron chi connectivity index (χ4n) is 2.39. The number of carbonyl (C=O) groups excluding carboxylic acids is 3. The maximum absolute atomic E-state index is 12.3. The molecule has 1 aliphatic heterocycles. The van der Waals surface area contributed by atoms with Crippen LogP contribution in [-0.2, 0) is 23.8 Å². The summed E-state index contributed by atoms with van der Waals surface area (Å²) in [7, 11) is 0. The molecule has 1 aromatic carbocycles. The van der Waals surface area contributed by atoms with Crippen molar-refractivity contribution in [1.29, 1.82) is 0 Å². The molecule has 0 radical (unpaired) electrons. The highest BCUT2D eigenvalue weighted by molar-refractivity contribution is 5.96. The Morgan fingerprint density at radius 3 is 2.38 bits per heavy atom. The van der Waals surface area contributed by atoms with Crippen LogP contribution < -0.4 is 0 Å². The molecule has 0 aliphatic carbocycles. The summed E-state index contributed by atoms with van der Waals surface area (Å²) in [6.07, 6.45) is 1.76. The summed E-state index contributed by atoms with van der Waals surface area (Å²) in [5.74, 6) is -0.964. The lowest BCUT2D eigenvalue weighted by Crippen LogP contribution is -2.41. The molecule has 6 heteroatoms. The molecule has 0 spiro atoms. The molecule has 0 saturated carbocycles. The second-order valence-corrected chi connectivity index (χ2v) is 5.47. The molecule has 2 rings (SSSR count). The monoisotopic (exact) mass is 332 g/mol. The van der Waals surface area contributed by atoms with E-state index in [9.17, 15) is 14.4 Å². The van der Waals surface area contributed by atoms with Crippen molar-refractivity contribution in [3.63, 3.8) is 0 Å². The topological polar surface area (TPSA) is 78.9 Å². The summed E-state index contributed by atoms with van der Waals surface area (Å²) in [5.41, 5.74) is 0.605. The highest BCUT2D eigenvalue weighted by atomic mass is 16.6. The second kappa shape index (κ2) is 8.40. The van der Waals surface area contributed by atoms with Gasteiger partial charge in [-0.2, -0.15) is 0 Å². The van der Waals surface area contributed by atoms with Crippen molar-refractivity contribution < 1.29 is 28.6 Å². The van der Waals surface area contributed by atoms with Crippen LogP contribution in [0.1, 0.15) is 30.6 Å². The van der Waals surface area contributed by atoms with Gasteiger partial charge in [0.25, 0.3) is 0 Å². The van der Waals surface area contributed by atoms with Gasteiger partial charge in [0.15, 0.2) is 5.78 Å². The van der Waals surface area contributed by atoms with E-state index in [2.05, 4.69) is 0 Å². The van der Waals surface area contributed by atoms with Crippen LogP contribution in [-0.4, -0.2) is 42.6 Å². The van der Waals surface area contributed by atoms with Gasteiger partial charge in [0.2, 0.25) is 0 Å². The van der Waals surface area contributed by atoms with Crippen LogP contribution in [0.25, 0.3) is 0 Å². The minimum Gasteiger partial charge on any atom is -0.463 e. The molecular formula is C18H20O6. The average molecular weight is 332 g/mol. The number of esters is 2. The van der Waals surface area contributed by atoms with Crippen molar-refractivity contribution in [2.24, 2.45) is 0 Å². The quantitative estimate of drug-likeness (QED) is 0.451. The van der Waals surface area contributed by atoms with Crippen molar-refractivity contribution >= 4 is 17.7 Å². The van der Waals surface area contributed by atoms with Gasteiger partial charge < -0.3 is 14.2 Å². The summed E-state index contributed by atoms with van der Waals surface area (Å²) in [5, 5.41) is 0. The SMILES string of the molecule is CC(=O)OC[C@@H]1O[C@@H](CC(=O)c2ccccc2)C=C[C@H]1OC(C)=O. The summed E-state index contributed by atoms with van der Waals surface area (Å²) in [4.78, 5) is 34.4. The first kappa shape index (κ1) is 17.9. The van der Waals surface area contributed by atoms with Crippen LogP contribution in [0.15, 0.2) is 42.5 Å². The van der Waals surface area contributed by atoms with Crippen LogP contribution >= 0.6 is 0 Å². The second-order valence-electron chi connectivity index (χ2n) is 5.47. The van der Waals surface area contributed by atoms with E-state index in [1.807, 2.05) is 6.07 Å². The van der Waals surface area contributed by atoms with Crippen LogP contribution in [0.5, 0.6) is 0 Å². The van der Waals surface area contributed by atoms with E-state index in [1.54, 1.807) is 36.4 Å². The molecule has 0 fully saturated rings. The predicted molar refractivity (Wildman–Crippen MR) is 85.4 cm³/mol. The molecule has 0 unspecified atom stereocenters. The number of ether oxygens (including phenoxy) is 3. The van der Waals surface area contributed by atoms with Gasteiger partial charge in [0, 0.05) is 25.8 Å². The Hall–Kier alpha value is -2.47. The first-order chi connectivity index (χ1) is 11.5. The van der Waals surface area contributed by atoms with E-state index in [0.29, 0.717) is 5.56 Å². The number of Topliss-reactive ketones (excluding diaryl/α,β-unsaturated/α-hetero) is 1. The molecule has 1 aromatic rings. The first-order valence-electron chi connectivity index (χ1n) is 7.68. The summed E-state index contributed by atoms with van der Waals surface area (Å²) in [6, 6.07) is 8.92. The van der Waals surface area contributed by atoms with Gasteiger partial charge in [-0.05, 0) is 6.08 Å². The van der Waals surface area contributed by atoms with Gasteiger partial charge in [0.1, 0.15) is 18.8 Å². The minimum absolute atomic E-state index is 0.0480. The standard InChI is InChI=1S/C18H20O6/c1-12(19)22-11-18-17(23-13(2)20)9-8-15(24-18)10-16(21)14-6-4-3-5-7-14/h3-9,15,17-18H,10-11H2,1-2H3/t15-,17-,18+/m1/s1. The van der Waals surface area contributed by atoms with Gasteiger partial charge in [-0.1, -0.05) is 36.4 Å². The third-order valence-corrected chi connectivity index (χ3v) is 3.47. The number of rotatable bonds is 6. The van der Waals surface area contributed by atoms with Gasteiger partial charge in [-0.15, -0.1) is 0 Å². The van der Waals surface area contributed by atoms with Crippen LogP contribution in [0.4, 0.5) is 0 Å². The van der Waals surface area contributed by atoms with E-state index in [-0.39, 0.29) is 18.8 Å². The van der Waals surface area contributed by atoms with Crippen molar-refractivity contribution in [2.45, 2.75) is 38.6 Å². The van der Waals surface area contributed by atoms with Crippen LogP contribution in [0.2, 0.25) is 0 Å². The summed E-state index contributed by atoms with van der Waals surface area (Å²) < 4.78 is 15.9. The van der Waals surface area contributed by atoms with Gasteiger partial charge >= 0.3 is 11.9 Å². The van der Waals surface area contributed by atoms with Gasteiger partial charge in [-0.3, -0.25) is 14.4 Å². The maximum atomic E-state index is 12.3. The molecule has 0 saturated heterocycles. The van der Waals surface area contributed by atoms with Crippen molar-refractivity contribution in [1.82, 2.24) is 0 Å². The van der Waals surface area contributed by atoms with Crippen LogP contribution in [0.3, 0.4) is 0 Å². The number of benzene rings is 1. The number of carbonyl (C=O) groups is 3. The summed E-state index contributed by atoms with van der Waals surface area (Å²) in [6.45, 7) is 2.53. The Balaban J connectivity index is 2.02. The van der Waals surface area contributed by atoms with Gasteiger partial charge in [0.05, 0.1) is 6.10 Å². The third kappa shape index (κ3) is 5.31. The molecule has 1 aliphatic rings. The molecule has 3 atom stereocenters. The lowest BCUT2D eigenvalue weighted by atomic mass is 10.0. The Morgan fingerprint density at radius 1 is 1.04 bits per heavy atom. The third-order valence-electron chi connectivity index (χ3n) is 3.47. The Bertz CT molecular complexity index is 622. The molecule has 24 heavy (non-hydrogen) atoms. The largest absolute Gasteiger partial charge is 0.463 e. The van der Waals surface area contributed by atoms with E-state index in [1.165, 1.54) is 13.8 Å². The van der Waals surface area contributed by atoms with Crippen LogP contribution in [0, 0.1) is 0 Å². The fourth-order valence-corrected chi connectivity index (χ4v) is 2.39. The van der Waals surface area contributed by atoms with E-state index in [0.717, 1.165) is 0 Å². The van der Waals surface area contributed by atoms with Crippen molar-refractivity contribution in [3.05, 3.63) is 48.0 Å². The fraction of sp³-hybridized carbons (Fsp3) is 0.389. The molecular weight excluding hydrogens is 312 g/mol. The molecule has 0 bridgehead atoms. The smallest absolute Gasteiger partial charge is 0.303 e. The Kier molecular flexibility index (Phi) is 6.26. The number of ketones is 1. The minimum atomic E-state index is -0.648. The van der Waals surface area contributed by atoms with Crippen molar-refractivity contribution in [3.8, 4) is 0 Å². The number of hydrogen-bond acceptors (Lipinski definition) is 6. The maximum Gasteiger partial charge on any atom is 0.303 e. The molecule has 0 amide bonds. The van der Waals surface area contributed by atoms with E-state index >= 15 is 0 Å². The highest BCUT2D eigenvalue weighted by Crippen LogP contribution is 2.20. The molecule has 0 aromatic heterocycles. The molecule has 0 N–H and O–H groups in total. The van der Waals surface area contributed by atoms with Gasteiger partial charge in [-0.25, -0.2) is 0 Å². The number of hydrogen-bond donors (Lipinski definition) is 0.